The second-order valence-electron chi connectivity index (χ2n) is 6.88. The summed E-state index contributed by atoms with van der Waals surface area (Å²) in [7, 11) is 0. The zero-order valence-corrected chi connectivity index (χ0v) is 16.9. The van der Waals surface area contributed by atoms with Crippen LogP contribution in [0.4, 0.5) is 14.9 Å². The van der Waals surface area contributed by atoms with Gasteiger partial charge in [-0.2, -0.15) is 0 Å². The zero-order valence-electron chi connectivity index (χ0n) is 16.1. The number of imide groups is 2. The molecule has 0 bridgehead atoms. The fourth-order valence-corrected chi connectivity index (χ4v) is 3.55. The van der Waals surface area contributed by atoms with E-state index in [0.717, 1.165) is 17.2 Å². The summed E-state index contributed by atoms with van der Waals surface area (Å²) in [6, 6.07) is 19.0. The molecule has 0 spiro atoms. The van der Waals surface area contributed by atoms with Gasteiger partial charge in [0.1, 0.15) is 11.4 Å². The van der Waals surface area contributed by atoms with Crippen LogP contribution in [0, 0.1) is 5.82 Å². The van der Waals surface area contributed by atoms with Gasteiger partial charge in [0.25, 0.3) is 11.8 Å². The highest BCUT2D eigenvalue weighted by atomic mass is 35.5. The molecule has 154 valence electrons. The molecule has 3 aromatic carbocycles. The third-order valence-corrected chi connectivity index (χ3v) is 5.26. The Morgan fingerprint density at radius 2 is 1.52 bits per heavy atom. The number of hydrogen-bond acceptors (Lipinski definition) is 3. The number of urea groups is 1. The molecular formula is C24H16ClFN2O3. The number of anilines is 1. The van der Waals surface area contributed by atoms with Crippen molar-refractivity contribution in [3.05, 3.63) is 106 Å². The average molecular weight is 435 g/mol. The third-order valence-electron chi connectivity index (χ3n) is 4.89. The van der Waals surface area contributed by atoms with E-state index in [4.69, 9.17) is 11.6 Å². The van der Waals surface area contributed by atoms with Gasteiger partial charge in [0, 0.05) is 5.02 Å². The molecule has 1 aliphatic heterocycles. The maximum atomic E-state index is 14.2. The molecular weight excluding hydrogens is 419 g/mol. The molecule has 1 N–H and O–H groups in total. The van der Waals surface area contributed by atoms with Crippen molar-refractivity contribution in [3.8, 4) is 0 Å². The van der Waals surface area contributed by atoms with Crippen LogP contribution >= 0.6 is 11.6 Å². The molecule has 4 amide bonds. The van der Waals surface area contributed by atoms with Gasteiger partial charge in [-0.25, -0.2) is 14.1 Å². The van der Waals surface area contributed by atoms with Gasteiger partial charge in [0.15, 0.2) is 0 Å². The maximum absolute atomic E-state index is 14.2. The first-order valence-corrected chi connectivity index (χ1v) is 9.81. The summed E-state index contributed by atoms with van der Waals surface area (Å²) in [5.74, 6) is -2.49. The van der Waals surface area contributed by atoms with Crippen molar-refractivity contribution in [1.29, 1.82) is 0 Å². The lowest BCUT2D eigenvalue weighted by atomic mass is 9.97. The van der Waals surface area contributed by atoms with Crippen LogP contribution in [-0.2, 0) is 16.0 Å². The number of halogens is 2. The predicted molar refractivity (Wildman–Crippen MR) is 116 cm³/mol. The molecule has 3 aromatic rings. The minimum atomic E-state index is -0.999. The maximum Gasteiger partial charge on any atom is 0.336 e. The quantitative estimate of drug-likeness (QED) is 0.476. The van der Waals surface area contributed by atoms with Crippen molar-refractivity contribution in [2.24, 2.45) is 0 Å². The summed E-state index contributed by atoms with van der Waals surface area (Å²) >= 11 is 6.27. The van der Waals surface area contributed by atoms with E-state index in [1.54, 1.807) is 18.2 Å². The van der Waals surface area contributed by atoms with Crippen LogP contribution in [0.25, 0.3) is 6.08 Å². The first-order valence-electron chi connectivity index (χ1n) is 9.43. The van der Waals surface area contributed by atoms with Crippen LogP contribution in [-0.4, -0.2) is 17.8 Å². The van der Waals surface area contributed by atoms with Crippen molar-refractivity contribution in [1.82, 2.24) is 5.32 Å². The molecule has 4 rings (SSSR count). The minimum absolute atomic E-state index is 0.229. The molecule has 1 heterocycles. The SMILES string of the molecule is O=C1NC(=O)N(c2ccccc2F)C(=O)/C1=C\c1ccccc1Cc1ccccc1Cl. The molecule has 0 atom stereocenters. The number of barbiturate groups is 1. The summed E-state index contributed by atoms with van der Waals surface area (Å²) < 4.78 is 14.2. The highest BCUT2D eigenvalue weighted by molar-refractivity contribution is 6.39. The van der Waals surface area contributed by atoms with Crippen LogP contribution in [0.1, 0.15) is 16.7 Å². The summed E-state index contributed by atoms with van der Waals surface area (Å²) in [5.41, 5.74) is 1.83. The molecule has 0 unspecified atom stereocenters. The Morgan fingerprint density at radius 3 is 2.26 bits per heavy atom. The molecule has 1 saturated heterocycles. The molecule has 0 radical (unpaired) electrons. The largest absolute Gasteiger partial charge is 0.336 e. The summed E-state index contributed by atoms with van der Waals surface area (Å²) in [5, 5.41) is 2.71. The van der Waals surface area contributed by atoms with Crippen LogP contribution < -0.4 is 10.2 Å². The van der Waals surface area contributed by atoms with Gasteiger partial charge in [-0.3, -0.25) is 14.9 Å². The number of para-hydroxylation sites is 1. The number of rotatable bonds is 4. The number of carbonyl (C=O) groups excluding carboxylic acids is 3. The lowest BCUT2D eigenvalue weighted by molar-refractivity contribution is -0.122. The van der Waals surface area contributed by atoms with Gasteiger partial charge in [-0.15, -0.1) is 0 Å². The Balaban J connectivity index is 1.74. The number of benzene rings is 3. The van der Waals surface area contributed by atoms with E-state index in [0.29, 0.717) is 21.9 Å². The molecule has 0 aromatic heterocycles. The van der Waals surface area contributed by atoms with Crippen molar-refractivity contribution < 1.29 is 18.8 Å². The predicted octanol–water partition coefficient (Wildman–Crippen LogP) is 4.74. The fourth-order valence-electron chi connectivity index (χ4n) is 3.35. The van der Waals surface area contributed by atoms with E-state index in [-0.39, 0.29) is 11.3 Å². The lowest BCUT2D eigenvalue weighted by Gasteiger charge is -2.26. The first-order chi connectivity index (χ1) is 15.0. The second-order valence-corrected chi connectivity index (χ2v) is 7.28. The van der Waals surface area contributed by atoms with Crippen molar-refractivity contribution in [3.63, 3.8) is 0 Å². The van der Waals surface area contributed by atoms with Crippen LogP contribution in [0.15, 0.2) is 78.4 Å². The molecule has 1 aliphatic rings. The summed E-state index contributed by atoms with van der Waals surface area (Å²) in [4.78, 5) is 38.4. The molecule has 5 nitrogen and oxygen atoms in total. The highest BCUT2D eigenvalue weighted by Crippen LogP contribution is 2.26. The first kappa shape index (κ1) is 20.5. The number of amides is 4. The molecule has 31 heavy (non-hydrogen) atoms. The number of hydrogen-bond donors (Lipinski definition) is 1. The Bertz CT molecular complexity index is 1240. The van der Waals surface area contributed by atoms with Crippen molar-refractivity contribution in [2.45, 2.75) is 6.42 Å². The van der Waals surface area contributed by atoms with Gasteiger partial charge < -0.3 is 0 Å². The van der Waals surface area contributed by atoms with Gasteiger partial charge in [0.2, 0.25) is 0 Å². The zero-order chi connectivity index (χ0) is 22.0. The second kappa shape index (κ2) is 8.53. The Kier molecular flexibility index (Phi) is 5.64. The molecule has 1 fully saturated rings. The van der Waals surface area contributed by atoms with Gasteiger partial charge in [-0.05, 0) is 47.4 Å². The Hall–Kier alpha value is -3.77. The smallest absolute Gasteiger partial charge is 0.273 e. The van der Waals surface area contributed by atoms with E-state index in [2.05, 4.69) is 5.32 Å². The van der Waals surface area contributed by atoms with Gasteiger partial charge >= 0.3 is 6.03 Å². The van der Waals surface area contributed by atoms with E-state index < -0.39 is 23.7 Å². The Labute approximate surface area is 182 Å². The number of nitrogens with one attached hydrogen (secondary N) is 1. The van der Waals surface area contributed by atoms with Gasteiger partial charge in [-0.1, -0.05) is 66.2 Å². The molecule has 0 saturated carbocycles. The standard InChI is InChI=1S/C24H16ClFN2O3/c25-19-10-4-3-9-17(19)13-15-7-1-2-8-16(15)14-18-22(29)27-24(31)28(23(18)30)21-12-6-5-11-20(21)26/h1-12,14H,13H2,(H,27,29,31)/b18-14-. The van der Waals surface area contributed by atoms with E-state index >= 15 is 0 Å². The van der Waals surface area contributed by atoms with Crippen LogP contribution in [0.5, 0.6) is 0 Å². The number of nitrogens with zero attached hydrogens (tertiary/aromatic N) is 1. The molecule has 7 heteroatoms. The fraction of sp³-hybridized carbons (Fsp3) is 0.0417. The lowest BCUT2D eigenvalue weighted by Crippen LogP contribution is -2.54. The van der Waals surface area contributed by atoms with E-state index in [1.165, 1.54) is 24.3 Å². The third kappa shape index (κ3) is 4.11. The Morgan fingerprint density at radius 1 is 0.871 bits per heavy atom. The van der Waals surface area contributed by atoms with Gasteiger partial charge in [0.05, 0.1) is 5.69 Å². The van der Waals surface area contributed by atoms with Crippen molar-refractivity contribution in [2.75, 3.05) is 4.90 Å². The van der Waals surface area contributed by atoms with Crippen LogP contribution in [0.3, 0.4) is 0 Å². The molecule has 0 aliphatic carbocycles. The summed E-state index contributed by atoms with van der Waals surface area (Å²) in [6.45, 7) is 0. The van der Waals surface area contributed by atoms with Crippen molar-refractivity contribution >= 4 is 41.2 Å². The van der Waals surface area contributed by atoms with E-state index in [9.17, 15) is 18.8 Å². The highest BCUT2D eigenvalue weighted by Gasteiger charge is 2.38. The summed E-state index contributed by atoms with van der Waals surface area (Å²) in [6.07, 6.45) is 1.88. The normalized spacial score (nSPS) is 15.4. The topological polar surface area (TPSA) is 66.5 Å². The average Bonchev–Trinajstić information content (AvgIpc) is 2.75. The van der Waals surface area contributed by atoms with E-state index in [1.807, 2.05) is 30.3 Å². The minimum Gasteiger partial charge on any atom is -0.273 e. The van der Waals surface area contributed by atoms with Crippen LogP contribution in [0.2, 0.25) is 5.02 Å². The monoisotopic (exact) mass is 434 g/mol. The number of carbonyl (C=O) groups is 3.